The van der Waals surface area contributed by atoms with Gasteiger partial charge in [-0.05, 0) is 31.9 Å². The molecule has 0 aromatic heterocycles. The highest BCUT2D eigenvalue weighted by molar-refractivity contribution is 5.98. The van der Waals surface area contributed by atoms with Crippen LogP contribution >= 0.6 is 0 Å². The van der Waals surface area contributed by atoms with Crippen LogP contribution in [0.25, 0.3) is 0 Å². The Morgan fingerprint density at radius 2 is 1.92 bits per heavy atom. The van der Waals surface area contributed by atoms with Crippen molar-refractivity contribution in [3.63, 3.8) is 0 Å². The van der Waals surface area contributed by atoms with Gasteiger partial charge in [0.15, 0.2) is 0 Å². The molecule has 1 aromatic rings. The fourth-order valence-corrected chi connectivity index (χ4v) is 2.59. The highest BCUT2D eigenvalue weighted by Crippen LogP contribution is 2.41. The molecule has 1 atom stereocenters. The van der Waals surface area contributed by atoms with Gasteiger partial charge in [0.25, 0.3) is 11.6 Å². The van der Waals surface area contributed by atoms with Crippen molar-refractivity contribution < 1.29 is 23.1 Å². The lowest BCUT2D eigenvalue weighted by molar-refractivity contribution is -0.297. The average molecular weight is 342 g/mol. The number of rotatable bonds is 5. The van der Waals surface area contributed by atoms with Gasteiger partial charge in [-0.25, -0.2) is 0 Å². The lowest BCUT2D eigenvalue weighted by Gasteiger charge is -2.32. The van der Waals surface area contributed by atoms with Gasteiger partial charge in [-0.2, -0.15) is 23.3 Å². The van der Waals surface area contributed by atoms with Crippen LogP contribution in [0.5, 0.6) is 0 Å². The molecule has 1 unspecified atom stereocenters. The van der Waals surface area contributed by atoms with Crippen LogP contribution in [0.3, 0.4) is 0 Å². The number of halogens is 3. The van der Waals surface area contributed by atoms with Crippen molar-refractivity contribution >= 4 is 11.6 Å². The molecule has 2 rings (SSSR count). The number of aryl methyl sites for hydroxylation is 1. The molecule has 0 aliphatic carbocycles. The van der Waals surface area contributed by atoms with Gasteiger partial charge in [-0.15, -0.1) is 0 Å². The van der Waals surface area contributed by atoms with Crippen molar-refractivity contribution in [1.29, 1.82) is 0 Å². The van der Waals surface area contributed by atoms with E-state index in [1.165, 1.54) is 12.1 Å². The summed E-state index contributed by atoms with van der Waals surface area (Å²) in [5.74, 6) is -0.958. The van der Waals surface area contributed by atoms with Gasteiger partial charge < -0.3 is 5.11 Å². The summed E-state index contributed by atoms with van der Waals surface area (Å²) in [4.78, 5) is 12.5. The average Bonchev–Trinajstić information content (AvgIpc) is 2.85. The number of alkyl halides is 3. The van der Waals surface area contributed by atoms with Crippen molar-refractivity contribution in [2.24, 2.45) is 5.10 Å². The Morgan fingerprint density at radius 3 is 2.46 bits per heavy atom. The minimum absolute atomic E-state index is 0.0573. The Kier molecular flexibility index (Phi) is 5.32. The molecule has 1 aromatic carbocycles. The lowest BCUT2D eigenvalue weighted by Crippen LogP contribution is -2.56. The summed E-state index contributed by atoms with van der Waals surface area (Å²) in [6.45, 7) is 3.79. The first kappa shape index (κ1) is 18.4. The van der Waals surface area contributed by atoms with E-state index in [0.717, 1.165) is 18.4 Å². The summed E-state index contributed by atoms with van der Waals surface area (Å²) >= 11 is 0. The molecule has 7 heteroatoms. The monoisotopic (exact) mass is 342 g/mol. The van der Waals surface area contributed by atoms with Crippen molar-refractivity contribution in [1.82, 2.24) is 5.01 Å². The number of nitrogens with zero attached hydrogens (tertiary/aromatic N) is 2. The molecule has 132 valence electrons. The normalized spacial score (nSPS) is 21.1. The van der Waals surface area contributed by atoms with Gasteiger partial charge in [-0.3, -0.25) is 4.79 Å². The van der Waals surface area contributed by atoms with E-state index in [0.29, 0.717) is 12.8 Å². The van der Waals surface area contributed by atoms with Crippen LogP contribution < -0.4 is 0 Å². The standard InChI is InChI=1S/C17H21F3N2O2/c1-3-4-5-6-14-11-16(24,17(18,19)20)22(21-14)15(23)13-9-7-12(2)8-10-13/h7-10,24H,3-6,11H2,1-2H3. The number of carbonyl (C=O) groups is 1. The number of hydrogen-bond acceptors (Lipinski definition) is 3. The molecule has 0 saturated heterocycles. The number of benzene rings is 1. The van der Waals surface area contributed by atoms with Crippen LogP contribution in [0.2, 0.25) is 0 Å². The van der Waals surface area contributed by atoms with E-state index in [9.17, 15) is 23.1 Å². The van der Waals surface area contributed by atoms with E-state index in [1.807, 2.05) is 6.92 Å². The smallest absolute Gasteiger partial charge is 0.362 e. The fraction of sp³-hybridized carbons (Fsp3) is 0.529. The molecule has 24 heavy (non-hydrogen) atoms. The SMILES string of the molecule is CCCCCC1=NN(C(=O)c2ccc(C)cc2)C(O)(C(F)(F)F)C1. The molecule has 0 fully saturated rings. The second-order valence-corrected chi connectivity index (χ2v) is 6.10. The Labute approximate surface area is 139 Å². The minimum atomic E-state index is -4.98. The van der Waals surface area contributed by atoms with Crippen LogP contribution in [-0.2, 0) is 0 Å². The molecule has 1 N–H and O–H groups in total. The largest absolute Gasteiger partial charge is 0.438 e. The van der Waals surface area contributed by atoms with Crippen LogP contribution in [-0.4, -0.2) is 33.6 Å². The van der Waals surface area contributed by atoms with Crippen LogP contribution in [0.15, 0.2) is 29.4 Å². The van der Waals surface area contributed by atoms with Crippen LogP contribution in [0, 0.1) is 6.92 Å². The maximum Gasteiger partial charge on any atom is 0.438 e. The zero-order valence-electron chi connectivity index (χ0n) is 13.7. The summed E-state index contributed by atoms with van der Waals surface area (Å²) in [5.41, 5.74) is -2.15. The second-order valence-electron chi connectivity index (χ2n) is 6.10. The van der Waals surface area contributed by atoms with Gasteiger partial charge in [0, 0.05) is 17.7 Å². The van der Waals surface area contributed by atoms with Crippen molar-refractivity contribution in [3.8, 4) is 0 Å². The maximum absolute atomic E-state index is 13.4. The first-order valence-electron chi connectivity index (χ1n) is 7.95. The maximum atomic E-state index is 13.4. The third-order valence-corrected chi connectivity index (χ3v) is 4.06. The second kappa shape index (κ2) is 6.93. The van der Waals surface area contributed by atoms with Gasteiger partial charge in [-0.1, -0.05) is 37.5 Å². The molecule has 0 radical (unpaired) electrons. The summed E-state index contributed by atoms with van der Waals surface area (Å²) in [5, 5.41) is 14.2. The first-order valence-corrected chi connectivity index (χ1v) is 7.95. The zero-order valence-corrected chi connectivity index (χ0v) is 13.7. The summed E-state index contributed by atoms with van der Waals surface area (Å²) in [6.07, 6.45) is -2.89. The topological polar surface area (TPSA) is 52.9 Å². The number of hydrazone groups is 1. The summed E-state index contributed by atoms with van der Waals surface area (Å²) in [6, 6.07) is 6.11. The number of carbonyl (C=O) groups excluding carboxylic acids is 1. The van der Waals surface area contributed by atoms with Crippen molar-refractivity contribution in [2.75, 3.05) is 0 Å². The zero-order chi connectivity index (χ0) is 18.0. The molecular weight excluding hydrogens is 321 g/mol. The fourth-order valence-electron chi connectivity index (χ4n) is 2.59. The predicted molar refractivity (Wildman–Crippen MR) is 84.5 cm³/mol. The number of hydrogen-bond donors (Lipinski definition) is 1. The van der Waals surface area contributed by atoms with Crippen LogP contribution in [0.4, 0.5) is 13.2 Å². The van der Waals surface area contributed by atoms with Gasteiger partial charge in [0.1, 0.15) is 0 Å². The van der Waals surface area contributed by atoms with E-state index >= 15 is 0 Å². The minimum Gasteiger partial charge on any atom is -0.362 e. The molecule has 0 saturated carbocycles. The molecule has 0 spiro atoms. The lowest BCUT2D eigenvalue weighted by atomic mass is 10.0. The third-order valence-electron chi connectivity index (χ3n) is 4.06. The Bertz CT molecular complexity index is 626. The van der Waals surface area contributed by atoms with E-state index in [-0.39, 0.29) is 16.3 Å². The van der Waals surface area contributed by atoms with Crippen molar-refractivity contribution in [3.05, 3.63) is 35.4 Å². The van der Waals surface area contributed by atoms with Crippen LogP contribution in [0.1, 0.15) is 54.9 Å². The molecule has 1 heterocycles. The molecular formula is C17H21F3N2O2. The molecule has 4 nitrogen and oxygen atoms in total. The Hall–Kier alpha value is -1.89. The summed E-state index contributed by atoms with van der Waals surface area (Å²) in [7, 11) is 0. The molecule has 1 amide bonds. The van der Waals surface area contributed by atoms with Gasteiger partial charge in [0.05, 0.1) is 0 Å². The number of amides is 1. The Balaban J connectivity index is 2.30. The molecule has 0 bridgehead atoms. The highest BCUT2D eigenvalue weighted by atomic mass is 19.4. The Morgan fingerprint density at radius 1 is 1.29 bits per heavy atom. The van der Waals surface area contributed by atoms with Crippen molar-refractivity contribution in [2.45, 2.75) is 57.9 Å². The predicted octanol–water partition coefficient (Wildman–Crippen LogP) is 4.03. The summed E-state index contributed by atoms with van der Waals surface area (Å²) < 4.78 is 40.1. The van der Waals surface area contributed by atoms with Gasteiger partial charge >= 0.3 is 6.18 Å². The third kappa shape index (κ3) is 3.61. The highest BCUT2D eigenvalue weighted by Gasteiger charge is 2.63. The first-order chi connectivity index (χ1) is 11.2. The van der Waals surface area contributed by atoms with E-state index in [1.54, 1.807) is 19.1 Å². The van der Waals surface area contributed by atoms with E-state index < -0.39 is 24.2 Å². The number of aliphatic hydroxyl groups is 1. The van der Waals surface area contributed by atoms with Gasteiger partial charge in [0.2, 0.25) is 0 Å². The molecule has 1 aliphatic heterocycles. The quantitative estimate of drug-likeness (QED) is 0.822. The molecule has 1 aliphatic rings. The van der Waals surface area contributed by atoms with E-state index in [4.69, 9.17) is 0 Å². The van der Waals surface area contributed by atoms with E-state index in [2.05, 4.69) is 5.10 Å². The number of unbranched alkanes of at least 4 members (excludes halogenated alkanes) is 2.